The fourth-order valence-electron chi connectivity index (χ4n) is 1.54. The topological polar surface area (TPSA) is 67.2 Å². The van der Waals surface area contributed by atoms with E-state index in [9.17, 15) is 9.18 Å². The van der Waals surface area contributed by atoms with Gasteiger partial charge in [0.25, 0.3) is 0 Å². The minimum absolute atomic E-state index is 0.0655. The number of anilines is 2. The highest BCUT2D eigenvalue weighted by molar-refractivity contribution is 6.31. The highest BCUT2D eigenvalue weighted by Gasteiger charge is 2.20. The summed E-state index contributed by atoms with van der Waals surface area (Å²) in [4.78, 5) is 11.8. The fourth-order valence-corrected chi connectivity index (χ4v) is 1.72. The number of halogens is 2. The Bertz CT molecular complexity index is 664. The second-order valence-electron chi connectivity index (χ2n) is 5.53. The first-order valence-electron chi connectivity index (χ1n) is 6.26. The molecule has 1 heterocycles. The number of nitrogens with one attached hydrogen (secondary N) is 2. The molecule has 2 amide bonds. The van der Waals surface area contributed by atoms with E-state index in [0.717, 1.165) is 0 Å². The second kappa shape index (κ2) is 5.73. The summed E-state index contributed by atoms with van der Waals surface area (Å²) in [5.41, 5.74) is 0.173. The predicted molar refractivity (Wildman–Crippen MR) is 79.3 cm³/mol. The maximum Gasteiger partial charge on any atom is 0.324 e. The lowest BCUT2D eigenvalue weighted by atomic mass is 9.93. The van der Waals surface area contributed by atoms with Crippen LogP contribution in [0, 0.1) is 5.82 Å². The minimum atomic E-state index is -0.547. The van der Waals surface area contributed by atoms with E-state index in [4.69, 9.17) is 16.1 Å². The normalized spacial score (nSPS) is 11.3. The van der Waals surface area contributed by atoms with E-state index < -0.39 is 11.8 Å². The highest BCUT2D eigenvalue weighted by Crippen LogP contribution is 2.24. The smallest absolute Gasteiger partial charge is 0.324 e. The van der Waals surface area contributed by atoms with Gasteiger partial charge in [0, 0.05) is 17.2 Å². The molecule has 0 fully saturated rings. The molecule has 21 heavy (non-hydrogen) atoms. The number of urea groups is 1. The van der Waals surface area contributed by atoms with Gasteiger partial charge in [0.05, 0.1) is 5.02 Å². The van der Waals surface area contributed by atoms with Crippen LogP contribution in [-0.4, -0.2) is 11.2 Å². The van der Waals surface area contributed by atoms with Gasteiger partial charge >= 0.3 is 6.03 Å². The summed E-state index contributed by atoms with van der Waals surface area (Å²) in [6.07, 6.45) is 0. The Balaban J connectivity index is 2.01. The molecule has 0 radical (unpaired) electrons. The first-order valence-corrected chi connectivity index (χ1v) is 6.64. The van der Waals surface area contributed by atoms with Crippen LogP contribution in [0.15, 0.2) is 28.8 Å². The number of aromatic nitrogens is 1. The number of carbonyl (C=O) groups excluding carboxylic acids is 1. The van der Waals surface area contributed by atoms with Crippen molar-refractivity contribution in [1.29, 1.82) is 0 Å². The van der Waals surface area contributed by atoms with Crippen LogP contribution >= 0.6 is 11.6 Å². The molecule has 5 nitrogen and oxygen atoms in total. The molecule has 0 aliphatic carbocycles. The minimum Gasteiger partial charge on any atom is -0.359 e. The summed E-state index contributed by atoms with van der Waals surface area (Å²) in [7, 11) is 0. The monoisotopic (exact) mass is 311 g/mol. The van der Waals surface area contributed by atoms with Crippen LogP contribution in [0.3, 0.4) is 0 Å². The Morgan fingerprint density at radius 1 is 1.29 bits per heavy atom. The van der Waals surface area contributed by atoms with E-state index in [1.165, 1.54) is 18.2 Å². The number of rotatable bonds is 2. The zero-order valence-electron chi connectivity index (χ0n) is 11.8. The Labute approximate surface area is 126 Å². The number of hydrogen-bond donors (Lipinski definition) is 2. The number of carbonyl (C=O) groups is 1. The average molecular weight is 312 g/mol. The van der Waals surface area contributed by atoms with Crippen molar-refractivity contribution < 1.29 is 13.7 Å². The van der Waals surface area contributed by atoms with Gasteiger partial charge in [0.2, 0.25) is 0 Å². The number of nitrogens with zero attached hydrogens (tertiary/aromatic N) is 1. The highest BCUT2D eigenvalue weighted by atomic mass is 35.5. The molecule has 112 valence electrons. The lowest BCUT2D eigenvalue weighted by molar-refractivity contribution is 0.262. The van der Waals surface area contributed by atoms with Crippen LogP contribution in [-0.2, 0) is 5.41 Å². The lowest BCUT2D eigenvalue weighted by Crippen LogP contribution is -2.19. The van der Waals surface area contributed by atoms with Gasteiger partial charge < -0.3 is 9.84 Å². The van der Waals surface area contributed by atoms with Gasteiger partial charge in [-0.05, 0) is 18.2 Å². The molecular formula is C14H15ClFN3O2. The van der Waals surface area contributed by atoms with Crippen molar-refractivity contribution in [3.63, 3.8) is 0 Å². The van der Waals surface area contributed by atoms with Crippen LogP contribution in [0.4, 0.5) is 20.7 Å². The Morgan fingerprint density at radius 2 is 2.00 bits per heavy atom. The molecule has 2 aromatic rings. The Kier molecular flexibility index (Phi) is 4.18. The molecule has 1 aromatic heterocycles. The molecule has 0 saturated carbocycles. The van der Waals surface area contributed by atoms with E-state index in [-0.39, 0.29) is 10.4 Å². The van der Waals surface area contributed by atoms with Gasteiger partial charge in [-0.2, -0.15) is 0 Å². The summed E-state index contributed by atoms with van der Waals surface area (Å²) in [6.45, 7) is 5.91. The van der Waals surface area contributed by atoms with Gasteiger partial charge in [-0.3, -0.25) is 5.32 Å². The molecule has 0 unspecified atom stereocenters. The third-order valence-corrected chi connectivity index (χ3v) is 2.96. The molecule has 0 aliphatic rings. The van der Waals surface area contributed by atoms with Crippen molar-refractivity contribution in [3.8, 4) is 0 Å². The van der Waals surface area contributed by atoms with Crippen molar-refractivity contribution in [2.24, 2.45) is 0 Å². The average Bonchev–Trinajstić information content (AvgIpc) is 2.82. The molecule has 0 atom stereocenters. The summed E-state index contributed by atoms with van der Waals surface area (Å²) < 4.78 is 18.2. The maximum atomic E-state index is 13.0. The van der Waals surface area contributed by atoms with Crippen LogP contribution in [0.2, 0.25) is 5.02 Å². The number of amides is 2. The van der Waals surface area contributed by atoms with E-state index in [1.54, 1.807) is 6.07 Å². The molecule has 1 aromatic carbocycles. The molecule has 0 bridgehead atoms. The summed E-state index contributed by atoms with van der Waals surface area (Å²) in [5, 5.41) is 8.75. The van der Waals surface area contributed by atoms with Gasteiger partial charge in [0.15, 0.2) is 5.82 Å². The molecule has 0 aliphatic heterocycles. The number of hydrogen-bond acceptors (Lipinski definition) is 3. The van der Waals surface area contributed by atoms with Crippen LogP contribution in [0.25, 0.3) is 0 Å². The Hall–Kier alpha value is -2.08. The molecular weight excluding hydrogens is 297 g/mol. The largest absolute Gasteiger partial charge is 0.359 e. The predicted octanol–water partition coefficient (Wildman–Crippen LogP) is 4.41. The van der Waals surface area contributed by atoms with Crippen molar-refractivity contribution in [2.45, 2.75) is 26.2 Å². The first-order chi connectivity index (χ1) is 9.75. The molecule has 2 rings (SSSR count). The third kappa shape index (κ3) is 3.95. The SMILES string of the molecule is CC(C)(C)c1cc(NC(=O)Nc2ccc(F)c(Cl)c2)no1. The quantitative estimate of drug-likeness (QED) is 0.863. The van der Waals surface area contributed by atoms with E-state index in [1.807, 2.05) is 20.8 Å². The maximum absolute atomic E-state index is 13.0. The molecule has 7 heteroatoms. The van der Waals surface area contributed by atoms with Gasteiger partial charge in [0.1, 0.15) is 11.6 Å². The standard InChI is InChI=1S/C14H15ClFN3O2/c1-14(2,3)11-7-12(19-21-11)18-13(20)17-8-4-5-10(16)9(15)6-8/h4-7H,1-3H3,(H2,17,18,19,20). The molecule has 2 N–H and O–H groups in total. The van der Waals surface area contributed by atoms with Crippen LogP contribution < -0.4 is 10.6 Å². The van der Waals surface area contributed by atoms with Crippen molar-refractivity contribution >= 4 is 29.1 Å². The zero-order valence-corrected chi connectivity index (χ0v) is 12.6. The van der Waals surface area contributed by atoms with Gasteiger partial charge in [-0.15, -0.1) is 0 Å². The van der Waals surface area contributed by atoms with Crippen LogP contribution in [0.5, 0.6) is 0 Å². The summed E-state index contributed by atoms with van der Waals surface area (Å²) >= 11 is 5.64. The Morgan fingerprint density at radius 3 is 2.57 bits per heavy atom. The van der Waals surface area contributed by atoms with E-state index >= 15 is 0 Å². The van der Waals surface area contributed by atoms with E-state index in [0.29, 0.717) is 17.3 Å². The third-order valence-electron chi connectivity index (χ3n) is 2.67. The van der Waals surface area contributed by atoms with Gasteiger partial charge in [-0.1, -0.05) is 37.5 Å². The van der Waals surface area contributed by atoms with E-state index in [2.05, 4.69) is 15.8 Å². The lowest BCUT2D eigenvalue weighted by Gasteiger charge is -2.12. The van der Waals surface area contributed by atoms with Crippen molar-refractivity contribution in [1.82, 2.24) is 5.16 Å². The number of benzene rings is 1. The van der Waals surface area contributed by atoms with Crippen LogP contribution in [0.1, 0.15) is 26.5 Å². The van der Waals surface area contributed by atoms with Crippen molar-refractivity contribution in [2.75, 3.05) is 10.6 Å². The fraction of sp³-hybridized carbons (Fsp3) is 0.286. The molecule has 0 saturated heterocycles. The summed E-state index contributed by atoms with van der Waals surface area (Å²) in [5.74, 6) is 0.405. The second-order valence-corrected chi connectivity index (χ2v) is 5.94. The molecule has 0 spiro atoms. The zero-order chi connectivity index (χ0) is 15.6. The summed E-state index contributed by atoms with van der Waals surface area (Å²) in [6, 6.07) is 5.03. The van der Waals surface area contributed by atoms with Gasteiger partial charge in [-0.25, -0.2) is 9.18 Å². The van der Waals surface area contributed by atoms with Crippen molar-refractivity contribution in [3.05, 3.63) is 40.9 Å². The first kappa shape index (κ1) is 15.3.